The van der Waals surface area contributed by atoms with Crippen LogP contribution in [0.25, 0.3) is 0 Å². The molecule has 0 saturated heterocycles. The quantitative estimate of drug-likeness (QED) is 0.793. The summed E-state index contributed by atoms with van der Waals surface area (Å²) in [6, 6.07) is 7.39. The highest BCUT2D eigenvalue weighted by Gasteiger charge is 2.23. The van der Waals surface area contributed by atoms with E-state index in [9.17, 15) is 4.79 Å². The van der Waals surface area contributed by atoms with Gasteiger partial charge in [-0.1, -0.05) is 38.2 Å². The minimum absolute atomic E-state index is 0.0370. The van der Waals surface area contributed by atoms with E-state index < -0.39 is 0 Å². The van der Waals surface area contributed by atoms with E-state index in [0.29, 0.717) is 22.6 Å². The maximum atomic E-state index is 12.3. The first-order valence-electron chi connectivity index (χ1n) is 7.16. The fraction of sp³-hybridized carbons (Fsp3) is 0.500. The van der Waals surface area contributed by atoms with Crippen LogP contribution in [-0.4, -0.2) is 34.9 Å². The van der Waals surface area contributed by atoms with Gasteiger partial charge in [-0.2, -0.15) is 0 Å². The Bertz CT molecular complexity index is 516. The van der Waals surface area contributed by atoms with Gasteiger partial charge in [0, 0.05) is 17.3 Å². The molecule has 0 bridgehead atoms. The number of amides is 1. The molecule has 4 nitrogen and oxygen atoms in total. The lowest BCUT2D eigenvalue weighted by molar-refractivity contribution is -0.121. The number of anilines is 1. The largest absolute Gasteiger partial charge is 0.389 e. The van der Waals surface area contributed by atoms with Crippen LogP contribution in [0.4, 0.5) is 5.69 Å². The number of nitrogens with two attached hydrogens (primary N) is 1. The number of benzene rings is 1. The summed E-state index contributed by atoms with van der Waals surface area (Å²) < 4.78 is 0. The van der Waals surface area contributed by atoms with E-state index in [-0.39, 0.29) is 11.9 Å². The average Bonchev–Trinajstić information content (AvgIpc) is 2.44. The zero-order valence-electron chi connectivity index (χ0n) is 13.4. The number of nitrogens with one attached hydrogen (secondary N) is 1. The molecular formula is C16H25N3OS. The number of hydrogen-bond acceptors (Lipinski definition) is 3. The zero-order valence-corrected chi connectivity index (χ0v) is 14.2. The summed E-state index contributed by atoms with van der Waals surface area (Å²) in [7, 11) is 1.97. The Kier molecular flexibility index (Phi) is 6.30. The second-order valence-corrected chi connectivity index (χ2v) is 6.20. The molecule has 3 N–H and O–H groups in total. The average molecular weight is 307 g/mol. The van der Waals surface area contributed by atoms with Crippen LogP contribution >= 0.6 is 12.2 Å². The number of likely N-dealkylation sites (N-methyl/N-ethyl adjacent to an activating group) is 1. The first-order valence-corrected chi connectivity index (χ1v) is 7.57. The van der Waals surface area contributed by atoms with Crippen molar-refractivity contribution >= 4 is 28.8 Å². The molecule has 0 radical (unpaired) electrons. The highest BCUT2D eigenvalue weighted by Crippen LogP contribution is 2.15. The third-order valence-corrected chi connectivity index (χ3v) is 4.25. The zero-order chi connectivity index (χ0) is 16.2. The molecule has 5 heteroatoms. The van der Waals surface area contributed by atoms with Crippen LogP contribution in [0, 0.1) is 5.92 Å². The van der Waals surface area contributed by atoms with Crippen molar-refractivity contribution in [2.24, 2.45) is 11.7 Å². The topological polar surface area (TPSA) is 58.4 Å². The van der Waals surface area contributed by atoms with Crippen molar-refractivity contribution in [3.63, 3.8) is 0 Å². The van der Waals surface area contributed by atoms with E-state index in [1.165, 1.54) is 0 Å². The Morgan fingerprint density at radius 3 is 2.43 bits per heavy atom. The van der Waals surface area contributed by atoms with Crippen LogP contribution in [0.15, 0.2) is 24.3 Å². The Balaban J connectivity index is 2.76. The highest BCUT2D eigenvalue weighted by atomic mass is 32.1. The molecule has 116 valence electrons. The van der Waals surface area contributed by atoms with Gasteiger partial charge in [-0.05, 0) is 38.9 Å². The summed E-state index contributed by atoms with van der Waals surface area (Å²) in [5, 5.41) is 2.92. The lowest BCUT2D eigenvalue weighted by atomic mass is 10.0. The Morgan fingerprint density at radius 1 is 1.29 bits per heavy atom. The smallest absolute Gasteiger partial charge is 0.241 e. The van der Waals surface area contributed by atoms with Gasteiger partial charge in [-0.3, -0.25) is 9.69 Å². The van der Waals surface area contributed by atoms with Gasteiger partial charge in [0.1, 0.15) is 4.99 Å². The number of rotatable bonds is 6. The molecule has 0 aliphatic carbocycles. The third kappa shape index (κ3) is 4.79. The normalized spacial score (nSPS) is 14.0. The van der Waals surface area contributed by atoms with E-state index in [1.54, 1.807) is 6.07 Å². The minimum atomic E-state index is -0.212. The van der Waals surface area contributed by atoms with Gasteiger partial charge < -0.3 is 11.1 Å². The number of carbonyl (C=O) groups is 1. The first-order chi connectivity index (χ1) is 9.73. The molecule has 2 unspecified atom stereocenters. The summed E-state index contributed by atoms with van der Waals surface area (Å²) in [6.45, 7) is 8.34. The number of hydrogen-bond donors (Lipinski definition) is 2. The lowest BCUT2D eigenvalue weighted by Crippen LogP contribution is -2.46. The van der Waals surface area contributed by atoms with Gasteiger partial charge in [0.05, 0.1) is 6.04 Å². The number of thiocarbonyl (C=S) groups is 1. The van der Waals surface area contributed by atoms with Gasteiger partial charge in [0.25, 0.3) is 0 Å². The van der Waals surface area contributed by atoms with E-state index >= 15 is 0 Å². The fourth-order valence-electron chi connectivity index (χ4n) is 2.00. The molecule has 0 aliphatic heterocycles. The highest BCUT2D eigenvalue weighted by molar-refractivity contribution is 7.80. The maximum absolute atomic E-state index is 12.3. The molecule has 0 heterocycles. The molecule has 0 aliphatic rings. The van der Waals surface area contributed by atoms with Crippen molar-refractivity contribution in [2.45, 2.75) is 39.8 Å². The fourth-order valence-corrected chi connectivity index (χ4v) is 2.13. The van der Waals surface area contributed by atoms with E-state index in [4.69, 9.17) is 18.0 Å². The molecule has 1 aromatic rings. The lowest BCUT2D eigenvalue weighted by Gasteiger charge is -2.32. The van der Waals surface area contributed by atoms with Crippen molar-refractivity contribution in [2.75, 3.05) is 12.4 Å². The Morgan fingerprint density at radius 2 is 1.90 bits per heavy atom. The first kappa shape index (κ1) is 17.6. The molecule has 0 fully saturated rings. The molecule has 21 heavy (non-hydrogen) atoms. The van der Waals surface area contributed by atoms with Crippen molar-refractivity contribution in [1.82, 2.24) is 4.90 Å². The standard InChI is InChI=1S/C16H25N3OS/c1-10(2)11(3)19(5)12(4)16(20)18-14-8-6-7-13(9-14)15(17)21/h6-12H,1-5H3,(H2,17,21)(H,18,20). The second-order valence-electron chi connectivity index (χ2n) is 5.76. The van der Waals surface area contributed by atoms with E-state index in [2.05, 4.69) is 31.0 Å². The Labute approximate surface area is 132 Å². The van der Waals surface area contributed by atoms with Gasteiger partial charge in [0.2, 0.25) is 5.91 Å². The second kappa shape index (κ2) is 7.52. The third-order valence-electron chi connectivity index (χ3n) is 4.01. The molecule has 0 aromatic heterocycles. The van der Waals surface area contributed by atoms with Crippen LogP contribution in [-0.2, 0) is 4.79 Å². The van der Waals surface area contributed by atoms with Gasteiger partial charge >= 0.3 is 0 Å². The van der Waals surface area contributed by atoms with E-state index in [1.807, 2.05) is 32.2 Å². The van der Waals surface area contributed by atoms with Gasteiger partial charge in [-0.25, -0.2) is 0 Å². The SMILES string of the molecule is CC(C)C(C)N(C)C(C)C(=O)Nc1cccc(C(N)=S)c1. The van der Waals surface area contributed by atoms with Crippen molar-refractivity contribution < 1.29 is 4.79 Å². The van der Waals surface area contributed by atoms with Crippen LogP contribution in [0.3, 0.4) is 0 Å². The number of carbonyl (C=O) groups excluding carboxylic acids is 1. The van der Waals surface area contributed by atoms with Gasteiger partial charge in [0.15, 0.2) is 0 Å². The van der Waals surface area contributed by atoms with Crippen LogP contribution < -0.4 is 11.1 Å². The predicted octanol–water partition coefficient (Wildman–Crippen LogP) is 2.62. The molecule has 0 saturated carbocycles. The van der Waals surface area contributed by atoms with Crippen LogP contribution in [0.2, 0.25) is 0 Å². The molecule has 0 spiro atoms. The van der Waals surface area contributed by atoms with Crippen LogP contribution in [0.1, 0.15) is 33.3 Å². The molecular weight excluding hydrogens is 282 g/mol. The maximum Gasteiger partial charge on any atom is 0.241 e. The molecule has 1 aromatic carbocycles. The van der Waals surface area contributed by atoms with Gasteiger partial charge in [-0.15, -0.1) is 0 Å². The summed E-state index contributed by atoms with van der Waals surface area (Å²) in [6.07, 6.45) is 0. The predicted molar refractivity (Wildman–Crippen MR) is 92.5 cm³/mol. The minimum Gasteiger partial charge on any atom is -0.389 e. The summed E-state index contributed by atoms with van der Waals surface area (Å²) >= 11 is 4.95. The molecule has 2 atom stereocenters. The molecule has 1 amide bonds. The molecule has 1 rings (SSSR count). The van der Waals surface area contributed by atoms with Crippen molar-refractivity contribution in [3.8, 4) is 0 Å². The summed E-state index contributed by atoms with van der Waals surface area (Å²) in [5.74, 6) is 0.452. The monoisotopic (exact) mass is 307 g/mol. The summed E-state index contributed by atoms with van der Waals surface area (Å²) in [4.78, 5) is 14.7. The van der Waals surface area contributed by atoms with Crippen LogP contribution in [0.5, 0.6) is 0 Å². The van der Waals surface area contributed by atoms with E-state index in [0.717, 1.165) is 5.56 Å². The summed E-state index contributed by atoms with van der Waals surface area (Å²) in [5.41, 5.74) is 7.07. The number of nitrogens with zero attached hydrogens (tertiary/aromatic N) is 1. The van der Waals surface area contributed by atoms with Crippen molar-refractivity contribution in [3.05, 3.63) is 29.8 Å². The Hall–Kier alpha value is -1.46. The van der Waals surface area contributed by atoms with Crippen molar-refractivity contribution in [1.29, 1.82) is 0 Å².